The van der Waals surface area contributed by atoms with Crippen molar-refractivity contribution in [2.75, 3.05) is 0 Å². The van der Waals surface area contributed by atoms with Crippen molar-refractivity contribution in [2.45, 2.75) is 17.0 Å². The van der Waals surface area contributed by atoms with E-state index < -0.39 is 20.8 Å². The molecular formula is C15H15O3P3S3. The first-order valence-electron chi connectivity index (χ1n) is 7.42. The van der Waals surface area contributed by atoms with Gasteiger partial charge < -0.3 is 36.7 Å². The molecule has 0 aromatic carbocycles. The van der Waals surface area contributed by atoms with Gasteiger partial charge in [0.2, 0.25) is 0 Å². The quantitative estimate of drug-likeness (QED) is 0.434. The van der Waals surface area contributed by atoms with Gasteiger partial charge in [-0.15, -0.1) is 0 Å². The second-order valence-corrected chi connectivity index (χ2v) is 17.2. The van der Waals surface area contributed by atoms with Crippen molar-refractivity contribution >= 4 is 57.5 Å². The van der Waals surface area contributed by atoms with Crippen LogP contribution >= 0.6 is 20.8 Å². The van der Waals surface area contributed by atoms with Crippen molar-refractivity contribution in [3.63, 3.8) is 0 Å². The third-order valence-corrected chi connectivity index (χ3v) is 18.4. The zero-order valence-electron chi connectivity index (χ0n) is 12.5. The predicted octanol–water partition coefficient (Wildman–Crippen LogP) is 5.46. The first-order valence-corrected chi connectivity index (χ1v) is 15.5. The van der Waals surface area contributed by atoms with Gasteiger partial charge in [-0.25, -0.2) is 0 Å². The summed E-state index contributed by atoms with van der Waals surface area (Å²) in [7, 11) is 0. The van der Waals surface area contributed by atoms with Crippen LogP contribution in [0.3, 0.4) is 0 Å². The summed E-state index contributed by atoms with van der Waals surface area (Å²) in [6, 6.07) is 0. The molecule has 1 fully saturated rings. The summed E-state index contributed by atoms with van der Waals surface area (Å²) < 4.78 is 18.9. The largest absolute Gasteiger partial charge is 0.482 e. The third kappa shape index (κ3) is 3.20. The van der Waals surface area contributed by atoms with E-state index in [1.165, 1.54) is 0 Å². The van der Waals surface area contributed by atoms with Crippen molar-refractivity contribution in [3.8, 4) is 0 Å². The van der Waals surface area contributed by atoms with Gasteiger partial charge in [0.15, 0.2) is 0 Å². The van der Waals surface area contributed by atoms with Gasteiger partial charge in [0.1, 0.15) is 17.0 Å². The molecule has 9 heteroatoms. The summed E-state index contributed by atoms with van der Waals surface area (Å²) in [6.45, 7) is -8.16. The summed E-state index contributed by atoms with van der Waals surface area (Å²) in [6.07, 6.45) is 23.8. The highest BCUT2D eigenvalue weighted by Gasteiger charge is 2.67. The minimum absolute atomic E-state index is 0.0928. The van der Waals surface area contributed by atoms with Crippen LogP contribution in [0.1, 0.15) is 0 Å². The summed E-state index contributed by atoms with van der Waals surface area (Å²) in [4.78, 5) is 0. The Bertz CT molecular complexity index is 579. The van der Waals surface area contributed by atoms with E-state index in [-0.39, 0.29) is 17.0 Å². The lowest BCUT2D eigenvalue weighted by Gasteiger charge is -2.47. The first-order chi connectivity index (χ1) is 11.4. The molecule has 1 aliphatic heterocycles. The van der Waals surface area contributed by atoms with Crippen LogP contribution in [0.15, 0.2) is 72.9 Å². The number of hydrogen-bond acceptors (Lipinski definition) is 6. The van der Waals surface area contributed by atoms with Gasteiger partial charge in [-0.2, -0.15) is 0 Å². The topological polar surface area (TPSA) is 27.7 Å². The van der Waals surface area contributed by atoms with Crippen LogP contribution in [-0.2, 0) is 49.7 Å². The van der Waals surface area contributed by atoms with Crippen LogP contribution in [0.5, 0.6) is 0 Å². The highest BCUT2D eigenvalue weighted by Crippen LogP contribution is 2.96. The van der Waals surface area contributed by atoms with Crippen LogP contribution in [0, 0.1) is 0 Å². The van der Waals surface area contributed by atoms with Crippen molar-refractivity contribution in [3.05, 3.63) is 72.9 Å². The Morgan fingerprint density at radius 2 is 0.667 bits per heavy atom. The molecule has 0 aromatic heterocycles. The lowest BCUT2D eigenvalue weighted by Crippen LogP contribution is -2.26. The summed E-state index contributed by atoms with van der Waals surface area (Å²) in [5, 5.41) is 0. The maximum atomic E-state index is 6.30. The molecule has 3 aliphatic carbocycles. The molecule has 1 saturated heterocycles. The van der Waals surface area contributed by atoms with E-state index in [0.29, 0.717) is 0 Å². The summed E-state index contributed by atoms with van der Waals surface area (Å²) in [5.74, 6) is 0. The van der Waals surface area contributed by atoms with Crippen LogP contribution in [0.4, 0.5) is 0 Å². The molecule has 0 unspecified atom stereocenters. The molecule has 126 valence electrons. The summed E-state index contributed by atoms with van der Waals surface area (Å²) >= 11 is 17.7. The molecule has 24 heavy (non-hydrogen) atoms. The average molecular weight is 432 g/mol. The van der Waals surface area contributed by atoms with Crippen LogP contribution in [0.25, 0.3) is 0 Å². The molecular weight excluding hydrogens is 417 g/mol. The Labute approximate surface area is 160 Å². The molecule has 0 saturated carbocycles. The van der Waals surface area contributed by atoms with Gasteiger partial charge in [0.05, 0.1) is 0 Å². The van der Waals surface area contributed by atoms with Crippen LogP contribution < -0.4 is 0 Å². The molecule has 0 aromatic rings. The highest BCUT2D eigenvalue weighted by atomic mass is 32.7. The fourth-order valence-corrected chi connectivity index (χ4v) is 19.9. The third-order valence-electron chi connectivity index (χ3n) is 3.96. The Kier molecular flexibility index (Phi) is 5.02. The minimum Gasteiger partial charge on any atom is -0.482 e. The Morgan fingerprint density at radius 1 is 0.458 bits per heavy atom. The molecule has 0 amide bonds. The fourth-order valence-electron chi connectivity index (χ4n) is 2.74. The van der Waals surface area contributed by atoms with Crippen LogP contribution in [-0.4, -0.2) is 17.0 Å². The molecule has 0 atom stereocenters. The van der Waals surface area contributed by atoms with Crippen LogP contribution in [0.2, 0.25) is 0 Å². The molecule has 0 radical (unpaired) electrons. The van der Waals surface area contributed by atoms with Crippen molar-refractivity contribution in [2.24, 2.45) is 0 Å². The Morgan fingerprint density at radius 3 is 0.875 bits per heavy atom. The zero-order chi connectivity index (χ0) is 16.8. The SMILES string of the molecule is [S-][P+]1(C2C=CC=C2)O[P+]([S-])(C2C=CC=C2)O[P+]([S-])(C2C=CC=C2)O1. The smallest absolute Gasteiger partial charge is 0.269 e. The van der Waals surface area contributed by atoms with E-state index >= 15 is 0 Å². The predicted molar refractivity (Wildman–Crippen MR) is 112 cm³/mol. The molecule has 3 nitrogen and oxygen atoms in total. The van der Waals surface area contributed by atoms with E-state index in [0.717, 1.165) is 0 Å². The molecule has 4 aliphatic rings. The van der Waals surface area contributed by atoms with Gasteiger partial charge in [0, 0.05) is 0 Å². The van der Waals surface area contributed by atoms with Gasteiger partial charge in [-0.3, -0.25) is 0 Å². The first kappa shape index (κ1) is 18.0. The Hall–Kier alpha value is 0.660. The van der Waals surface area contributed by atoms with Crippen molar-refractivity contribution < 1.29 is 12.9 Å². The molecule has 1 heterocycles. The Balaban J connectivity index is 1.73. The number of hydrogen-bond donors (Lipinski definition) is 0. The molecule has 4 rings (SSSR count). The number of rotatable bonds is 3. The van der Waals surface area contributed by atoms with E-state index in [4.69, 9.17) is 49.7 Å². The molecule has 0 bridgehead atoms. The van der Waals surface area contributed by atoms with Gasteiger partial charge in [-0.1, -0.05) is 49.4 Å². The minimum atomic E-state index is -2.72. The van der Waals surface area contributed by atoms with E-state index in [1.54, 1.807) is 0 Å². The lowest BCUT2D eigenvalue weighted by molar-refractivity contribution is 0.395. The van der Waals surface area contributed by atoms with E-state index in [9.17, 15) is 0 Å². The molecule has 0 spiro atoms. The maximum absolute atomic E-state index is 6.30. The van der Waals surface area contributed by atoms with Crippen molar-refractivity contribution in [1.29, 1.82) is 0 Å². The maximum Gasteiger partial charge on any atom is 0.269 e. The van der Waals surface area contributed by atoms with E-state index in [1.807, 2.05) is 72.9 Å². The monoisotopic (exact) mass is 432 g/mol. The van der Waals surface area contributed by atoms with Gasteiger partial charge >= 0.3 is 0 Å². The van der Waals surface area contributed by atoms with E-state index in [2.05, 4.69) is 0 Å². The standard InChI is InChI=1S/C15H15O3P3S3/c22-19(13-7-1-2-8-13)16-20(23,14-9-3-4-10-14)18-21(24,17-19)15-11-5-6-12-15/h1-15H. The van der Waals surface area contributed by atoms with Crippen molar-refractivity contribution in [1.82, 2.24) is 0 Å². The van der Waals surface area contributed by atoms with Gasteiger partial charge in [0.25, 0.3) is 20.8 Å². The lowest BCUT2D eigenvalue weighted by atomic mass is 10.5. The average Bonchev–Trinajstić information content (AvgIpc) is 3.27. The second kappa shape index (κ2) is 6.68. The number of allylic oxidation sites excluding steroid dienone is 12. The fraction of sp³-hybridized carbons (Fsp3) is 0.200. The normalized spacial score (nSPS) is 42.1. The van der Waals surface area contributed by atoms with Gasteiger partial charge in [-0.05, 0) is 36.5 Å². The zero-order valence-corrected chi connectivity index (χ0v) is 17.6. The summed E-state index contributed by atoms with van der Waals surface area (Å²) in [5.41, 5.74) is -0.278. The molecule has 0 N–H and O–H groups in total. The highest BCUT2D eigenvalue weighted by molar-refractivity contribution is 8.52. The second-order valence-electron chi connectivity index (χ2n) is 5.65.